The van der Waals surface area contributed by atoms with Gasteiger partial charge in [0.15, 0.2) is 0 Å². The van der Waals surface area contributed by atoms with Crippen LogP contribution in [0.1, 0.15) is 51.4 Å². The van der Waals surface area contributed by atoms with Gasteiger partial charge >= 0.3 is 0 Å². The van der Waals surface area contributed by atoms with Gasteiger partial charge in [0.1, 0.15) is 5.54 Å². The highest BCUT2D eigenvalue weighted by atomic mass is 16.5. The summed E-state index contributed by atoms with van der Waals surface area (Å²) in [6.07, 6.45) is 9.03. The van der Waals surface area contributed by atoms with Crippen LogP contribution in [0.2, 0.25) is 0 Å². The fraction of sp³-hybridized carbons (Fsp3) is 0.938. The van der Waals surface area contributed by atoms with E-state index in [-0.39, 0.29) is 11.6 Å². The Morgan fingerprint density at radius 2 is 2.00 bits per heavy atom. The third-order valence-corrected chi connectivity index (χ3v) is 4.89. The Kier molecular flexibility index (Phi) is 4.60. The molecule has 2 aliphatic carbocycles. The van der Waals surface area contributed by atoms with Crippen LogP contribution in [-0.4, -0.2) is 37.5 Å². The summed E-state index contributed by atoms with van der Waals surface area (Å²) in [5, 5.41) is 13.1. The van der Waals surface area contributed by atoms with E-state index in [0.717, 1.165) is 58.3 Å². The number of rotatable bonds is 5. The Hall–Kier alpha value is -0.630. The van der Waals surface area contributed by atoms with Gasteiger partial charge in [0.25, 0.3) is 0 Å². The van der Waals surface area contributed by atoms with Gasteiger partial charge in [-0.25, -0.2) is 0 Å². The first kappa shape index (κ1) is 14.3. The number of nitrogens with one attached hydrogen (secondary N) is 1. The first-order valence-corrected chi connectivity index (χ1v) is 8.18. The molecule has 0 aromatic carbocycles. The van der Waals surface area contributed by atoms with E-state index in [0.29, 0.717) is 12.0 Å². The summed E-state index contributed by atoms with van der Waals surface area (Å²) in [4.78, 5) is 0. The van der Waals surface area contributed by atoms with Gasteiger partial charge in [0.2, 0.25) is 0 Å². The average molecular weight is 278 g/mol. The van der Waals surface area contributed by atoms with Crippen molar-refractivity contribution < 1.29 is 9.47 Å². The van der Waals surface area contributed by atoms with E-state index in [1.54, 1.807) is 0 Å². The third-order valence-electron chi connectivity index (χ3n) is 4.89. The molecule has 0 aromatic heterocycles. The van der Waals surface area contributed by atoms with Crippen molar-refractivity contribution in [1.82, 2.24) is 5.32 Å². The minimum absolute atomic E-state index is 0.262. The minimum Gasteiger partial charge on any atom is -0.381 e. The smallest absolute Gasteiger partial charge is 0.109 e. The Morgan fingerprint density at radius 1 is 1.20 bits per heavy atom. The molecule has 0 aromatic rings. The van der Waals surface area contributed by atoms with Crippen LogP contribution in [0.5, 0.6) is 0 Å². The monoisotopic (exact) mass is 278 g/mol. The lowest BCUT2D eigenvalue weighted by atomic mass is 9.81. The van der Waals surface area contributed by atoms with E-state index in [1.807, 2.05) is 0 Å². The molecule has 0 spiro atoms. The maximum atomic E-state index is 9.57. The predicted octanol–water partition coefficient (Wildman–Crippen LogP) is 2.39. The quantitative estimate of drug-likeness (QED) is 0.839. The van der Waals surface area contributed by atoms with E-state index in [4.69, 9.17) is 9.47 Å². The third kappa shape index (κ3) is 3.72. The molecule has 20 heavy (non-hydrogen) atoms. The van der Waals surface area contributed by atoms with Gasteiger partial charge in [-0.3, -0.25) is 5.32 Å². The van der Waals surface area contributed by atoms with Crippen molar-refractivity contribution in [2.45, 2.75) is 69.1 Å². The van der Waals surface area contributed by atoms with Crippen LogP contribution in [0, 0.1) is 17.2 Å². The Bertz CT molecular complexity index is 358. The summed E-state index contributed by atoms with van der Waals surface area (Å²) in [5.41, 5.74) is -0.320. The van der Waals surface area contributed by atoms with Crippen LogP contribution in [0.4, 0.5) is 0 Å². The zero-order valence-corrected chi connectivity index (χ0v) is 12.3. The second kappa shape index (κ2) is 6.43. The van der Waals surface area contributed by atoms with Crippen molar-refractivity contribution >= 4 is 0 Å². The largest absolute Gasteiger partial charge is 0.381 e. The van der Waals surface area contributed by atoms with E-state index in [9.17, 15) is 5.26 Å². The van der Waals surface area contributed by atoms with Gasteiger partial charge in [-0.15, -0.1) is 0 Å². The first-order chi connectivity index (χ1) is 9.80. The van der Waals surface area contributed by atoms with Crippen LogP contribution >= 0.6 is 0 Å². The summed E-state index contributed by atoms with van der Waals surface area (Å²) < 4.78 is 11.5. The van der Waals surface area contributed by atoms with Gasteiger partial charge in [0.05, 0.1) is 12.2 Å². The van der Waals surface area contributed by atoms with Crippen molar-refractivity contribution in [1.29, 1.82) is 5.26 Å². The number of nitrogens with zero attached hydrogens (tertiary/aromatic N) is 1. The molecular formula is C16H26N2O2. The molecule has 3 fully saturated rings. The fourth-order valence-electron chi connectivity index (χ4n) is 3.44. The van der Waals surface area contributed by atoms with Crippen LogP contribution in [-0.2, 0) is 9.47 Å². The topological polar surface area (TPSA) is 54.3 Å². The summed E-state index contributed by atoms with van der Waals surface area (Å²) in [6, 6.07) is 3.13. The molecule has 4 heteroatoms. The summed E-state index contributed by atoms with van der Waals surface area (Å²) >= 11 is 0. The standard InChI is InChI=1S/C16H26N2O2/c17-12-16(18-14-3-4-14)7-1-2-15(10-16)20-11-13-5-8-19-9-6-13/h13-15,18H,1-11H2. The molecule has 2 saturated carbocycles. The molecule has 2 atom stereocenters. The lowest BCUT2D eigenvalue weighted by Gasteiger charge is -2.37. The van der Waals surface area contributed by atoms with Gasteiger partial charge in [-0.05, 0) is 50.9 Å². The molecule has 0 radical (unpaired) electrons. The lowest BCUT2D eigenvalue weighted by molar-refractivity contribution is -0.0329. The molecule has 4 nitrogen and oxygen atoms in total. The van der Waals surface area contributed by atoms with Gasteiger partial charge < -0.3 is 9.47 Å². The zero-order valence-electron chi connectivity index (χ0n) is 12.3. The molecule has 2 unspecified atom stereocenters. The highest BCUT2D eigenvalue weighted by molar-refractivity contribution is 5.12. The van der Waals surface area contributed by atoms with Gasteiger partial charge in [-0.1, -0.05) is 0 Å². The Balaban J connectivity index is 1.47. The molecule has 3 rings (SSSR count). The second-order valence-electron chi connectivity index (χ2n) is 6.72. The van der Waals surface area contributed by atoms with Crippen molar-refractivity contribution in [2.75, 3.05) is 19.8 Å². The molecule has 1 N–H and O–H groups in total. The summed E-state index contributed by atoms with van der Waals surface area (Å²) in [6.45, 7) is 2.60. The van der Waals surface area contributed by atoms with Gasteiger partial charge in [0, 0.05) is 32.3 Å². The number of hydrogen-bond acceptors (Lipinski definition) is 4. The van der Waals surface area contributed by atoms with Crippen molar-refractivity contribution in [2.24, 2.45) is 5.92 Å². The lowest BCUT2D eigenvalue weighted by Crippen LogP contribution is -2.50. The highest BCUT2D eigenvalue weighted by Crippen LogP contribution is 2.34. The number of ether oxygens (including phenoxy) is 2. The number of nitriles is 1. The van der Waals surface area contributed by atoms with Gasteiger partial charge in [-0.2, -0.15) is 5.26 Å². The maximum Gasteiger partial charge on any atom is 0.109 e. The van der Waals surface area contributed by atoms with E-state index in [1.165, 1.54) is 12.8 Å². The molecule has 0 bridgehead atoms. The van der Waals surface area contributed by atoms with Crippen LogP contribution in [0.3, 0.4) is 0 Å². The zero-order chi connectivity index (χ0) is 13.8. The molecule has 3 aliphatic rings. The summed E-state index contributed by atoms with van der Waals surface area (Å²) in [7, 11) is 0. The van der Waals surface area contributed by atoms with Crippen LogP contribution < -0.4 is 5.32 Å². The predicted molar refractivity (Wildman–Crippen MR) is 76.3 cm³/mol. The molecule has 1 heterocycles. The van der Waals surface area contributed by atoms with E-state index < -0.39 is 0 Å². The molecule has 0 amide bonds. The van der Waals surface area contributed by atoms with Crippen LogP contribution in [0.25, 0.3) is 0 Å². The van der Waals surface area contributed by atoms with Crippen molar-refractivity contribution in [3.8, 4) is 6.07 Å². The van der Waals surface area contributed by atoms with Crippen molar-refractivity contribution in [3.63, 3.8) is 0 Å². The molecule has 112 valence electrons. The minimum atomic E-state index is -0.320. The maximum absolute atomic E-state index is 9.57. The first-order valence-electron chi connectivity index (χ1n) is 8.18. The van der Waals surface area contributed by atoms with Crippen LogP contribution in [0.15, 0.2) is 0 Å². The Morgan fingerprint density at radius 3 is 2.70 bits per heavy atom. The molecular weight excluding hydrogens is 252 g/mol. The SMILES string of the molecule is N#CC1(NC2CC2)CCCC(OCC2CCOCC2)C1. The number of hydrogen-bond donors (Lipinski definition) is 1. The molecule has 1 aliphatic heterocycles. The van der Waals surface area contributed by atoms with Crippen molar-refractivity contribution in [3.05, 3.63) is 0 Å². The second-order valence-corrected chi connectivity index (χ2v) is 6.72. The van der Waals surface area contributed by atoms with E-state index >= 15 is 0 Å². The Labute approximate surface area is 121 Å². The van der Waals surface area contributed by atoms with E-state index in [2.05, 4.69) is 11.4 Å². The normalized spacial score (nSPS) is 35.6. The average Bonchev–Trinajstić information content (AvgIpc) is 3.30. The molecule has 1 saturated heterocycles. The fourth-order valence-corrected chi connectivity index (χ4v) is 3.44. The highest BCUT2D eigenvalue weighted by Gasteiger charge is 2.40. The summed E-state index contributed by atoms with van der Waals surface area (Å²) in [5.74, 6) is 0.651.